The first-order chi connectivity index (χ1) is 9.54. The van der Waals surface area contributed by atoms with Crippen molar-refractivity contribution in [1.29, 1.82) is 0 Å². The van der Waals surface area contributed by atoms with Crippen LogP contribution in [-0.4, -0.2) is 38.8 Å². The number of fused-ring (bicyclic) bond motifs is 1. The van der Waals surface area contributed by atoms with Gasteiger partial charge in [0, 0.05) is 18.6 Å². The summed E-state index contributed by atoms with van der Waals surface area (Å²) in [6.07, 6.45) is 0.840. The van der Waals surface area contributed by atoms with E-state index in [4.69, 9.17) is 11.6 Å². The monoisotopic (exact) mass is 293 g/mol. The number of likely N-dealkylation sites (tertiary alicyclic amines) is 1. The predicted octanol–water partition coefficient (Wildman–Crippen LogP) is 2.43. The van der Waals surface area contributed by atoms with Gasteiger partial charge >= 0.3 is 0 Å². The Labute approximate surface area is 124 Å². The zero-order valence-electron chi connectivity index (χ0n) is 11.9. The second-order valence-corrected chi connectivity index (χ2v) is 6.18. The summed E-state index contributed by atoms with van der Waals surface area (Å²) >= 11 is 6.02. The molecule has 0 saturated carbocycles. The first-order valence-electron chi connectivity index (χ1n) is 7.06. The predicted molar refractivity (Wildman–Crippen MR) is 80.8 cm³/mol. The van der Waals surface area contributed by atoms with Gasteiger partial charge in [-0.3, -0.25) is 4.90 Å². The molecule has 1 N–H and O–H groups in total. The van der Waals surface area contributed by atoms with Gasteiger partial charge in [-0.15, -0.1) is 0 Å². The molecular weight excluding hydrogens is 274 g/mol. The second kappa shape index (κ2) is 5.35. The standard InChI is InChI=1S/C15H20ClN3O/c1-10(20)11-5-6-19(8-11)9-15-17-13-7-12(16)3-4-14(13)18(15)2/h3-4,7,10-11,20H,5-6,8-9H2,1-2H3. The number of aliphatic hydroxyl groups is 1. The third-order valence-electron chi connectivity index (χ3n) is 4.29. The average Bonchev–Trinajstić information content (AvgIpc) is 2.96. The molecule has 2 heterocycles. The Bertz CT molecular complexity index is 623. The van der Waals surface area contributed by atoms with Gasteiger partial charge in [0.2, 0.25) is 0 Å². The van der Waals surface area contributed by atoms with Gasteiger partial charge in [0.25, 0.3) is 0 Å². The number of nitrogens with zero attached hydrogens (tertiary/aromatic N) is 3. The van der Waals surface area contributed by atoms with Crippen LogP contribution >= 0.6 is 11.6 Å². The summed E-state index contributed by atoms with van der Waals surface area (Å²) in [4.78, 5) is 7.04. The van der Waals surface area contributed by atoms with Crippen molar-refractivity contribution in [1.82, 2.24) is 14.5 Å². The summed E-state index contributed by atoms with van der Waals surface area (Å²) in [5.41, 5.74) is 2.05. The lowest BCUT2D eigenvalue weighted by molar-refractivity contribution is 0.127. The van der Waals surface area contributed by atoms with E-state index in [9.17, 15) is 5.11 Å². The summed E-state index contributed by atoms with van der Waals surface area (Å²) in [6.45, 7) is 4.68. The van der Waals surface area contributed by atoms with Crippen LogP contribution < -0.4 is 0 Å². The Morgan fingerprint density at radius 1 is 1.50 bits per heavy atom. The molecule has 5 heteroatoms. The summed E-state index contributed by atoms with van der Waals surface area (Å²) in [5, 5.41) is 10.4. The topological polar surface area (TPSA) is 41.3 Å². The normalized spacial score (nSPS) is 21.7. The summed E-state index contributed by atoms with van der Waals surface area (Å²) in [5.74, 6) is 1.44. The SMILES string of the molecule is CC(O)C1CCN(Cc2nc3cc(Cl)ccc3n2C)C1. The quantitative estimate of drug-likeness (QED) is 0.945. The van der Waals surface area contributed by atoms with Gasteiger partial charge in [-0.1, -0.05) is 11.6 Å². The molecule has 0 aliphatic carbocycles. The van der Waals surface area contributed by atoms with E-state index in [2.05, 4.69) is 14.5 Å². The number of rotatable bonds is 3. The number of benzene rings is 1. The molecule has 1 fully saturated rings. The minimum absolute atomic E-state index is 0.223. The van der Waals surface area contributed by atoms with Gasteiger partial charge < -0.3 is 9.67 Å². The van der Waals surface area contributed by atoms with Gasteiger partial charge in [0.05, 0.1) is 23.7 Å². The van der Waals surface area contributed by atoms with E-state index in [1.165, 1.54) is 0 Å². The fourth-order valence-corrected chi connectivity index (χ4v) is 3.13. The smallest absolute Gasteiger partial charge is 0.123 e. The molecule has 2 aromatic rings. The molecule has 4 nitrogen and oxygen atoms in total. The number of halogens is 1. The number of hydrogen-bond acceptors (Lipinski definition) is 3. The van der Waals surface area contributed by atoms with Crippen LogP contribution in [0.15, 0.2) is 18.2 Å². The van der Waals surface area contributed by atoms with Crippen LogP contribution in [0.2, 0.25) is 5.02 Å². The Morgan fingerprint density at radius 2 is 2.30 bits per heavy atom. The number of imidazole rings is 1. The molecule has 1 aromatic heterocycles. The van der Waals surface area contributed by atoms with Gasteiger partial charge in [0.15, 0.2) is 0 Å². The molecule has 2 atom stereocenters. The lowest BCUT2D eigenvalue weighted by Gasteiger charge is -2.17. The van der Waals surface area contributed by atoms with Crippen LogP contribution in [0.1, 0.15) is 19.2 Å². The lowest BCUT2D eigenvalue weighted by Crippen LogP contribution is -2.25. The van der Waals surface area contributed by atoms with Crippen LogP contribution in [0.25, 0.3) is 11.0 Å². The van der Waals surface area contributed by atoms with Crippen LogP contribution in [-0.2, 0) is 13.6 Å². The number of hydrogen-bond donors (Lipinski definition) is 1. The molecule has 0 radical (unpaired) electrons. The summed E-state index contributed by atoms with van der Waals surface area (Å²) in [7, 11) is 2.04. The van der Waals surface area contributed by atoms with Crippen LogP contribution in [0.4, 0.5) is 0 Å². The van der Waals surface area contributed by atoms with E-state index < -0.39 is 0 Å². The molecule has 108 valence electrons. The first kappa shape index (κ1) is 13.9. The lowest BCUT2D eigenvalue weighted by atomic mass is 10.0. The highest BCUT2D eigenvalue weighted by atomic mass is 35.5. The Kier molecular flexibility index (Phi) is 3.71. The van der Waals surface area contributed by atoms with Crippen LogP contribution in [0.5, 0.6) is 0 Å². The van der Waals surface area contributed by atoms with E-state index in [0.717, 1.165) is 47.9 Å². The minimum atomic E-state index is -0.223. The molecule has 2 unspecified atom stereocenters. The second-order valence-electron chi connectivity index (χ2n) is 5.74. The molecule has 0 spiro atoms. The maximum Gasteiger partial charge on any atom is 0.123 e. The summed E-state index contributed by atoms with van der Waals surface area (Å²) in [6, 6.07) is 5.81. The molecule has 3 rings (SSSR count). The van der Waals surface area contributed by atoms with Gasteiger partial charge in [-0.25, -0.2) is 4.98 Å². The molecule has 20 heavy (non-hydrogen) atoms. The van der Waals surface area contributed by atoms with Gasteiger partial charge in [-0.05, 0) is 44.0 Å². The molecule has 0 bridgehead atoms. The van der Waals surface area contributed by atoms with Crippen molar-refractivity contribution in [2.45, 2.75) is 26.0 Å². The van der Waals surface area contributed by atoms with E-state index in [1.54, 1.807) is 0 Å². The first-order valence-corrected chi connectivity index (χ1v) is 7.43. The van der Waals surface area contributed by atoms with E-state index >= 15 is 0 Å². The molecule has 1 saturated heterocycles. The maximum absolute atomic E-state index is 9.67. The van der Waals surface area contributed by atoms with E-state index in [-0.39, 0.29) is 6.10 Å². The molecular formula is C15H20ClN3O. The van der Waals surface area contributed by atoms with Crippen molar-refractivity contribution >= 4 is 22.6 Å². The van der Waals surface area contributed by atoms with Gasteiger partial charge in [-0.2, -0.15) is 0 Å². The van der Waals surface area contributed by atoms with E-state index in [1.807, 2.05) is 32.2 Å². The van der Waals surface area contributed by atoms with Crippen molar-refractivity contribution in [3.63, 3.8) is 0 Å². The Morgan fingerprint density at radius 3 is 3.00 bits per heavy atom. The van der Waals surface area contributed by atoms with Crippen molar-refractivity contribution in [2.24, 2.45) is 13.0 Å². The molecule has 1 aromatic carbocycles. The fourth-order valence-electron chi connectivity index (χ4n) is 2.96. The largest absolute Gasteiger partial charge is 0.393 e. The highest BCUT2D eigenvalue weighted by Crippen LogP contribution is 2.24. The average molecular weight is 294 g/mol. The van der Waals surface area contributed by atoms with Crippen LogP contribution in [0.3, 0.4) is 0 Å². The van der Waals surface area contributed by atoms with Crippen molar-refractivity contribution < 1.29 is 5.11 Å². The number of aromatic nitrogens is 2. The third-order valence-corrected chi connectivity index (χ3v) is 4.53. The minimum Gasteiger partial charge on any atom is -0.393 e. The number of aryl methyl sites for hydroxylation is 1. The van der Waals surface area contributed by atoms with Gasteiger partial charge in [0.1, 0.15) is 5.82 Å². The Hall–Kier alpha value is -1.10. The zero-order chi connectivity index (χ0) is 14.3. The highest BCUT2D eigenvalue weighted by molar-refractivity contribution is 6.31. The zero-order valence-corrected chi connectivity index (χ0v) is 12.6. The molecule has 1 aliphatic heterocycles. The Balaban J connectivity index is 1.80. The van der Waals surface area contributed by atoms with Crippen molar-refractivity contribution in [2.75, 3.05) is 13.1 Å². The van der Waals surface area contributed by atoms with E-state index in [0.29, 0.717) is 5.92 Å². The summed E-state index contributed by atoms with van der Waals surface area (Å²) < 4.78 is 2.13. The molecule has 1 aliphatic rings. The highest BCUT2D eigenvalue weighted by Gasteiger charge is 2.26. The fraction of sp³-hybridized carbons (Fsp3) is 0.533. The van der Waals surface area contributed by atoms with Crippen LogP contribution in [0, 0.1) is 5.92 Å². The van der Waals surface area contributed by atoms with Crippen molar-refractivity contribution in [3.8, 4) is 0 Å². The third kappa shape index (κ3) is 2.55. The maximum atomic E-state index is 9.67. The molecule has 0 amide bonds. The van der Waals surface area contributed by atoms with Crippen molar-refractivity contribution in [3.05, 3.63) is 29.0 Å². The number of aliphatic hydroxyl groups excluding tert-OH is 1.